The fraction of sp³-hybridized carbons (Fsp3) is 0.269. The van der Waals surface area contributed by atoms with Crippen molar-refractivity contribution in [1.29, 1.82) is 0 Å². The van der Waals surface area contributed by atoms with Crippen molar-refractivity contribution in [3.63, 3.8) is 0 Å². The molecule has 0 bridgehead atoms. The molecule has 1 amide bonds. The lowest BCUT2D eigenvalue weighted by atomic mass is 9.93. The number of fused-ring (bicyclic) bond motifs is 1. The maximum absolute atomic E-state index is 15.0. The summed E-state index contributed by atoms with van der Waals surface area (Å²) in [6.07, 6.45) is -0.277. The Bertz CT molecular complexity index is 1190. The van der Waals surface area contributed by atoms with Gasteiger partial charge in [-0.2, -0.15) is 0 Å². The minimum atomic E-state index is -0.789. The van der Waals surface area contributed by atoms with Gasteiger partial charge in [0.2, 0.25) is 5.91 Å². The summed E-state index contributed by atoms with van der Waals surface area (Å²) in [5.41, 5.74) is 2.70. The highest BCUT2D eigenvalue weighted by molar-refractivity contribution is 8.16. The Kier molecular flexibility index (Phi) is 7.17. The molecule has 0 aromatic heterocycles. The molecular formula is C26H26FN3O3S. The van der Waals surface area contributed by atoms with E-state index < -0.39 is 17.8 Å². The van der Waals surface area contributed by atoms with Crippen molar-refractivity contribution in [3.05, 3.63) is 93.9 Å². The molecule has 1 N–H and O–H groups in total. The summed E-state index contributed by atoms with van der Waals surface area (Å²) >= 11 is 1.35. The standard InChI is InChI=1S/C26H26FN3O3S/c1-16(2)33-25(32)23-17(3)29-26-30(24(23)20-11-7-8-12-21(20)27)19(15-34-26)13-22(31)28-14-18-9-5-4-6-10-18/h4-12,15-16,24H,13-14H2,1-3H3,(H,28,31). The van der Waals surface area contributed by atoms with Gasteiger partial charge in [0, 0.05) is 17.8 Å². The number of aliphatic imine (C=N–C) groups is 1. The van der Waals surface area contributed by atoms with Gasteiger partial charge >= 0.3 is 5.97 Å². The number of esters is 1. The van der Waals surface area contributed by atoms with Crippen LogP contribution in [0.4, 0.5) is 4.39 Å². The number of ether oxygens (including phenoxy) is 1. The Hall–Kier alpha value is -3.39. The Morgan fingerprint density at radius 2 is 1.85 bits per heavy atom. The summed E-state index contributed by atoms with van der Waals surface area (Å²) in [4.78, 5) is 32.2. The van der Waals surface area contributed by atoms with Crippen LogP contribution in [0, 0.1) is 5.82 Å². The second kappa shape index (κ2) is 10.3. The number of carbonyl (C=O) groups excluding carboxylic acids is 2. The first-order chi connectivity index (χ1) is 16.3. The van der Waals surface area contributed by atoms with Crippen LogP contribution < -0.4 is 5.32 Å². The van der Waals surface area contributed by atoms with E-state index in [0.29, 0.717) is 28.7 Å². The van der Waals surface area contributed by atoms with Crippen LogP contribution in [0.3, 0.4) is 0 Å². The second-order valence-electron chi connectivity index (χ2n) is 8.31. The van der Waals surface area contributed by atoms with Crippen molar-refractivity contribution in [2.75, 3.05) is 0 Å². The fourth-order valence-corrected chi connectivity index (χ4v) is 4.89. The van der Waals surface area contributed by atoms with Gasteiger partial charge in [0.15, 0.2) is 5.17 Å². The number of thioether (sulfide) groups is 1. The molecule has 34 heavy (non-hydrogen) atoms. The maximum atomic E-state index is 15.0. The van der Waals surface area contributed by atoms with Crippen molar-refractivity contribution >= 4 is 28.8 Å². The Labute approximate surface area is 202 Å². The SMILES string of the molecule is CC1=C(C(=O)OC(C)C)C(c2ccccc2F)N2C(CC(=O)NCc3ccccc3)=CSC2=N1. The lowest BCUT2D eigenvalue weighted by Gasteiger charge is -2.36. The highest BCUT2D eigenvalue weighted by Crippen LogP contribution is 2.45. The van der Waals surface area contributed by atoms with Crippen molar-refractivity contribution < 1.29 is 18.7 Å². The van der Waals surface area contributed by atoms with Gasteiger partial charge < -0.3 is 15.0 Å². The van der Waals surface area contributed by atoms with Gasteiger partial charge in [-0.3, -0.25) is 4.79 Å². The van der Waals surface area contributed by atoms with E-state index in [1.807, 2.05) is 35.7 Å². The van der Waals surface area contributed by atoms with Crippen molar-refractivity contribution in [2.24, 2.45) is 4.99 Å². The third-order valence-electron chi connectivity index (χ3n) is 5.44. The van der Waals surface area contributed by atoms with Gasteiger partial charge in [0.25, 0.3) is 0 Å². The van der Waals surface area contributed by atoms with Crippen LogP contribution in [0.5, 0.6) is 0 Å². The Morgan fingerprint density at radius 3 is 2.56 bits per heavy atom. The van der Waals surface area contributed by atoms with Crippen LogP contribution in [0.25, 0.3) is 0 Å². The first kappa shape index (κ1) is 23.8. The minimum absolute atomic E-state index is 0.0648. The lowest BCUT2D eigenvalue weighted by molar-refractivity contribution is -0.143. The molecule has 6 nitrogen and oxygen atoms in total. The second-order valence-corrected chi connectivity index (χ2v) is 9.14. The van der Waals surface area contributed by atoms with Crippen molar-refractivity contribution in [2.45, 2.75) is 45.9 Å². The van der Waals surface area contributed by atoms with Gasteiger partial charge in [-0.1, -0.05) is 60.3 Å². The summed E-state index contributed by atoms with van der Waals surface area (Å²) in [5.74, 6) is -1.17. The highest BCUT2D eigenvalue weighted by Gasteiger charge is 2.42. The number of allylic oxidation sites excluding steroid dienone is 1. The molecule has 2 aromatic rings. The summed E-state index contributed by atoms with van der Waals surface area (Å²) in [7, 11) is 0. The number of carbonyl (C=O) groups is 2. The van der Waals surface area contributed by atoms with E-state index in [2.05, 4.69) is 10.3 Å². The van der Waals surface area contributed by atoms with Crippen LogP contribution in [-0.4, -0.2) is 28.0 Å². The molecule has 1 unspecified atom stereocenters. The zero-order valence-electron chi connectivity index (χ0n) is 19.2. The summed E-state index contributed by atoms with van der Waals surface area (Å²) < 4.78 is 20.5. The van der Waals surface area contributed by atoms with Crippen molar-refractivity contribution in [3.8, 4) is 0 Å². The van der Waals surface area contributed by atoms with Gasteiger partial charge in [-0.15, -0.1) is 0 Å². The van der Waals surface area contributed by atoms with Gasteiger partial charge in [0.05, 0.1) is 29.8 Å². The number of hydrogen-bond donors (Lipinski definition) is 1. The van der Waals surface area contributed by atoms with E-state index in [-0.39, 0.29) is 24.0 Å². The molecule has 2 aliphatic heterocycles. The number of amides is 1. The normalized spacial score (nSPS) is 17.3. The molecule has 2 aliphatic rings. The molecule has 2 heterocycles. The molecule has 0 saturated carbocycles. The summed E-state index contributed by atoms with van der Waals surface area (Å²) in [5, 5.41) is 5.35. The monoisotopic (exact) mass is 479 g/mol. The topological polar surface area (TPSA) is 71.0 Å². The average Bonchev–Trinajstić information content (AvgIpc) is 3.19. The fourth-order valence-electron chi connectivity index (χ4n) is 3.92. The number of nitrogens with zero attached hydrogens (tertiary/aromatic N) is 2. The molecule has 176 valence electrons. The van der Waals surface area contributed by atoms with E-state index >= 15 is 4.39 Å². The number of rotatable bonds is 7. The third kappa shape index (κ3) is 5.07. The molecule has 2 aromatic carbocycles. The van der Waals surface area contributed by atoms with Crippen LogP contribution >= 0.6 is 11.8 Å². The first-order valence-corrected chi connectivity index (χ1v) is 11.9. The Balaban J connectivity index is 1.63. The van der Waals surface area contributed by atoms with Gasteiger partial charge in [-0.25, -0.2) is 14.2 Å². The largest absolute Gasteiger partial charge is 0.459 e. The zero-order chi connectivity index (χ0) is 24.2. The number of hydrogen-bond acceptors (Lipinski definition) is 6. The number of halogens is 1. The van der Waals surface area contributed by atoms with E-state index in [1.54, 1.807) is 43.9 Å². The van der Waals surface area contributed by atoms with E-state index in [4.69, 9.17) is 4.74 Å². The minimum Gasteiger partial charge on any atom is -0.459 e. The van der Waals surface area contributed by atoms with Crippen LogP contribution in [0.1, 0.15) is 44.4 Å². The summed E-state index contributed by atoms with van der Waals surface area (Å²) in [6.45, 7) is 5.65. The lowest BCUT2D eigenvalue weighted by Crippen LogP contribution is -2.38. The van der Waals surface area contributed by atoms with Crippen LogP contribution in [0.2, 0.25) is 0 Å². The predicted molar refractivity (Wildman–Crippen MR) is 131 cm³/mol. The molecule has 0 fully saturated rings. The number of benzene rings is 2. The third-order valence-corrected chi connectivity index (χ3v) is 6.33. The molecule has 0 aliphatic carbocycles. The summed E-state index contributed by atoms with van der Waals surface area (Å²) in [6, 6.07) is 15.2. The predicted octanol–water partition coefficient (Wildman–Crippen LogP) is 5.06. The van der Waals surface area contributed by atoms with Gasteiger partial charge in [-0.05, 0) is 37.8 Å². The molecular weight excluding hydrogens is 453 g/mol. The average molecular weight is 480 g/mol. The van der Waals surface area contributed by atoms with Crippen molar-refractivity contribution in [1.82, 2.24) is 10.2 Å². The molecule has 0 radical (unpaired) electrons. The van der Waals surface area contributed by atoms with E-state index in [9.17, 15) is 9.59 Å². The van der Waals surface area contributed by atoms with Gasteiger partial charge in [0.1, 0.15) is 5.82 Å². The van der Waals surface area contributed by atoms with Crippen LogP contribution in [-0.2, 0) is 20.9 Å². The molecule has 1 atom stereocenters. The molecule has 0 spiro atoms. The number of amidine groups is 1. The van der Waals surface area contributed by atoms with E-state index in [1.165, 1.54) is 17.8 Å². The highest BCUT2D eigenvalue weighted by atomic mass is 32.2. The smallest absolute Gasteiger partial charge is 0.338 e. The number of nitrogens with one attached hydrogen (secondary N) is 1. The molecule has 4 rings (SSSR count). The molecule has 0 saturated heterocycles. The molecule has 8 heteroatoms. The zero-order valence-corrected chi connectivity index (χ0v) is 20.1. The maximum Gasteiger partial charge on any atom is 0.338 e. The quantitative estimate of drug-likeness (QED) is 0.562. The Morgan fingerprint density at radius 1 is 1.15 bits per heavy atom. The first-order valence-electron chi connectivity index (χ1n) is 11.1. The van der Waals surface area contributed by atoms with Crippen LogP contribution in [0.15, 0.2) is 82.0 Å². The van der Waals surface area contributed by atoms with E-state index in [0.717, 1.165) is 5.56 Å².